The van der Waals surface area contributed by atoms with Crippen molar-refractivity contribution in [1.82, 2.24) is 14.0 Å². The number of nitrogens with one attached hydrogen (secondary N) is 1. The number of aromatic nitrogens is 3. The zero-order valence-electron chi connectivity index (χ0n) is 19.4. The first-order valence-corrected chi connectivity index (χ1v) is 12.3. The molecule has 0 radical (unpaired) electrons. The second kappa shape index (κ2) is 9.04. The van der Waals surface area contributed by atoms with Crippen LogP contribution in [0.3, 0.4) is 0 Å². The Kier molecular flexibility index (Phi) is 5.96. The minimum absolute atomic E-state index is 0.126. The van der Waals surface area contributed by atoms with Gasteiger partial charge in [-0.2, -0.15) is 0 Å². The highest BCUT2D eigenvalue weighted by atomic mass is 16.5. The smallest absolute Gasteiger partial charge is 0.274 e. The van der Waals surface area contributed by atoms with E-state index in [1.807, 2.05) is 22.7 Å². The van der Waals surface area contributed by atoms with Gasteiger partial charge in [0.2, 0.25) is 0 Å². The Hall–Kier alpha value is -3.09. The molecule has 1 amide bonds. The molecule has 2 aliphatic rings. The van der Waals surface area contributed by atoms with Gasteiger partial charge in [-0.3, -0.25) is 9.59 Å². The van der Waals surface area contributed by atoms with Gasteiger partial charge in [0.25, 0.3) is 11.5 Å². The number of amides is 1. The van der Waals surface area contributed by atoms with E-state index in [1.165, 1.54) is 0 Å². The Bertz CT molecular complexity index is 1220. The van der Waals surface area contributed by atoms with E-state index >= 15 is 0 Å². The molecule has 7 heteroatoms. The maximum absolute atomic E-state index is 13.3. The Labute approximate surface area is 193 Å². The molecule has 3 aromatic rings. The normalized spacial score (nSPS) is 17.0. The predicted molar refractivity (Wildman–Crippen MR) is 128 cm³/mol. The molecule has 33 heavy (non-hydrogen) atoms. The number of pyridine rings is 2. The average Bonchev–Trinajstić information content (AvgIpc) is 3.54. The van der Waals surface area contributed by atoms with Gasteiger partial charge in [-0.15, -0.1) is 0 Å². The van der Waals surface area contributed by atoms with Crippen molar-refractivity contribution >= 4 is 17.2 Å². The first-order chi connectivity index (χ1) is 16.1. The molecule has 2 fully saturated rings. The van der Waals surface area contributed by atoms with Gasteiger partial charge in [0, 0.05) is 36.6 Å². The minimum atomic E-state index is -0.340. The van der Waals surface area contributed by atoms with E-state index in [9.17, 15) is 9.59 Å². The number of rotatable bonds is 9. The third-order valence-electron chi connectivity index (χ3n) is 6.87. The van der Waals surface area contributed by atoms with E-state index in [-0.39, 0.29) is 23.6 Å². The monoisotopic (exact) mass is 448 g/mol. The Morgan fingerprint density at radius 2 is 2.06 bits per heavy atom. The van der Waals surface area contributed by atoms with E-state index < -0.39 is 0 Å². The molecule has 0 saturated heterocycles. The number of imidazole rings is 1. The van der Waals surface area contributed by atoms with Crippen LogP contribution < -0.4 is 15.6 Å². The fourth-order valence-electron chi connectivity index (χ4n) is 4.51. The molecule has 1 atom stereocenters. The lowest BCUT2D eigenvalue weighted by Crippen LogP contribution is -2.27. The van der Waals surface area contributed by atoms with Crippen LogP contribution in [0.2, 0.25) is 0 Å². The van der Waals surface area contributed by atoms with Crippen molar-refractivity contribution in [2.24, 2.45) is 0 Å². The molecule has 3 aromatic heterocycles. The summed E-state index contributed by atoms with van der Waals surface area (Å²) < 4.78 is 9.82. The van der Waals surface area contributed by atoms with Crippen molar-refractivity contribution in [3.05, 3.63) is 58.4 Å². The highest BCUT2D eigenvalue weighted by Gasteiger charge is 2.27. The predicted octanol–water partition coefficient (Wildman–Crippen LogP) is 5.31. The number of ether oxygens (including phenoxy) is 1. The number of fused-ring (bicyclic) bond motifs is 1. The molecular weight excluding hydrogens is 416 g/mol. The summed E-state index contributed by atoms with van der Waals surface area (Å²) in [6, 6.07) is 5.59. The Balaban J connectivity index is 1.49. The first-order valence-electron chi connectivity index (χ1n) is 12.3. The van der Waals surface area contributed by atoms with Crippen molar-refractivity contribution in [3.63, 3.8) is 0 Å². The Morgan fingerprint density at radius 3 is 2.73 bits per heavy atom. The lowest BCUT2D eigenvalue weighted by atomic mass is 9.96. The number of hydrogen-bond acceptors (Lipinski definition) is 4. The van der Waals surface area contributed by atoms with Gasteiger partial charge in [0.05, 0.1) is 17.4 Å². The quantitative estimate of drug-likeness (QED) is 0.481. The second-order valence-corrected chi connectivity index (χ2v) is 9.37. The summed E-state index contributed by atoms with van der Waals surface area (Å²) in [7, 11) is 0. The molecule has 5 rings (SSSR count). The number of nitrogens with zero attached hydrogens (tertiary/aromatic N) is 3. The molecule has 1 unspecified atom stereocenters. The molecule has 0 aromatic carbocycles. The Morgan fingerprint density at radius 1 is 1.24 bits per heavy atom. The van der Waals surface area contributed by atoms with Crippen LogP contribution in [-0.2, 0) is 0 Å². The van der Waals surface area contributed by atoms with Crippen LogP contribution in [0, 0.1) is 0 Å². The van der Waals surface area contributed by atoms with Crippen molar-refractivity contribution < 1.29 is 9.53 Å². The standard InChI is InChI=1S/C26H32N4O3/c1-3-7-17(4-2)22-16-29-15-20(23(14-24(29)27-22)33-19-8-5-9-19)25(31)28-21-10-6-13-30(26(21)32)18-11-12-18/h6,10,13-19H,3-5,7-9,11-12H2,1-2H3,(H,28,31). The maximum atomic E-state index is 13.3. The third-order valence-corrected chi connectivity index (χ3v) is 6.87. The van der Waals surface area contributed by atoms with Crippen molar-refractivity contribution in [2.75, 3.05) is 5.32 Å². The van der Waals surface area contributed by atoms with Gasteiger partial charge in [-0.25, -0.2) is 4.98 Å². The van der Waals surface area contributed by atoms with E-state index in [0.717, 1.165) is 62.7 Å². The van der Waals surface area contributed by atoms with Gasteiger partial charge < -0.3 is 19.0 Å². The largest absolute Gasteiger partial charge is 0.489 e. The first kappa shape index (κ1) is 21.7. The van der Waals surface area contributed by atoms with Gasteiger partial charge in [0.15, 0.2) is 0 Å². The number of carbonyl (C=O) groups is 1. The van der Waals surface area contributed by atoms with Gasteiger partial charge >= 0.3 is 0 Å². The van der Waals surface area contributed by atoms with Crippen LogP contribution in [0.5, 0.6) is 5.75 Å². The molecule has 0 spiro atoms. The van der Waals surface area contributed by atoms with Crippen LogP contribution >= 0.6 is 0 Å². The molecule has 7 nitrogen and oxygen atoms in total. The molecule has 0 aliphatic heterocycles. The lowest BCUT2D eigenvalue weighted by Gasteiger charge is -2.27. The summed E-state index contributed by atoms with van der Waals surface area (Å²) in [4.78, 5) is 31.0. The van der Waals surface area contributed by atoms with Crippen LogP contribution in [0.4, 0.5) is 5.69 Å². The van der Waals surface area contributed by atoms with Crippen LogP contribution in [0.1, 0.15) is 93.2 Å². The maximum Gasteiger partial charge on any atom is 0.274 e. The highest BCUT2D eigenvalue weighted by Crippen LogP contribution is 2.34. The second-order valence-electron chi connectivity index (χ2n) is 9.37. The summed E-state index contributed by atoms with van der Waals surface area (Å²) >= 11 is 0. The minimum Gasteiger partial charge on any atom is -0.489 e. The van der Waals surface area contributed by atoms with Crippen molar-refractivity contribution in [1.29, 1.82) is 0 Å². The third kappa shape index (κ3) is 4.41. The number of hydrogen-bond donors (Lipinski definition) is 1. The molecule has 3 heterocycles. The molecular formula is C26H32N4O3. The number of carbonyl (C=O) groups excluding carboxylic acids is 1. The zero-order chi connectivity index (χ0) is 22.9. The van der Waals surface area contributed by atoms with Gasteiger partial charge in [-0.05, 0) is 57.1 Å². The summed E-state index contributed by atoms with van der Waals surface area (Å²) in [5.41, 5.74) is 2.38. The SMILES string of the molecule is CCCC(CC)c1cn2cc(C(=O)Nc3cccn(C4CC4)c3=O)c(OC3CCC3)cc2n1. The topological polar surface area (TPSA) is 77.6 Å². The van der Waals surface area contributed by atoms with Crippen LogP contribution in [0.15, 0.2) is 41.6 Å². The molecule has 174 valence electrons. The number of anilines is 1. The van der Waals surface area contributed by atoms with Crippen LogP contribution in [-0.4, -0.2) is 26.0 Å². The molecule has 2 saturated carbocycles. The zero-order valence-corrected chi connectivity index (χ0v) is 19.4. The molecule has 1 N–H and O–H groups in total. The average molecular weight is 449 g/mol. The fraction of sp³-hybridized carbons (Fsp3) is 0.500. The summed E-state index contributed by atoms with van der Waals surface area (Å²) in [6.07, 6.45) is 14.1. The van der Waals surface area contributed by atoms with E-state index in [2.05, 4.69) is 19.2 Å². The van der Waals surface area contributed by atoms with E-state index in [0.29, 0.717) is 22.9 Å². The van der Waals surface area contributed by atoms with Crippen molar-refractivity contribution in [2.45, 2.75) is 83.3 Å². The molecule has 0 bridgehead atoms. The van der Waals surface area contributed by atoms with Gasteiger partial charge in [0.1, 0.15) is 17.1 Å². The highest BCUT2D eigenvalue weighted by molar-refractivity contribution is 6.06. The van der Waals surface area contributed by atoms with Crippen molar-refractivity contribution in [3.8, 4) is 5.75 Å². The summed E-state index contributed by atoms with van der Waals surface area (Å²) in [5.74, 6) is 0.588. The lowest BCUT2D eigenvalue weighted by molar-refractivity contribution is 0.0991. The molecule has 2 aliphatic carbocycles. The fourth-order valence-corrected chi connectivity index (χ4v) is 4.51. The summed E-state index contributed by atoms with van der Waals surface area (Å²) in [6.45, 7) is 4.37. The van der Waals surface area contributed by atoms with E-state index in [4.69, 9.17) is 9.72 Å². The van der Waals surface area contributed by atoms with Crippen LogP contribution in [0.25, 0.3) is 5.65 Å². The van der Waals surface area contributed by atoms with E-state index in [1.54, 1.807) is 23.0 Å². The summed E-state index contributed by atoms with van der Waals surface area (Å²) in [5, 5.41) is 2.84. The van der Waals surface area contributed by atoms with Gasteiger partial charge in [-0.1, -0.05) is 20.3 Å².